The molecule has 3 aromatic rings. The Hall–Kier alpha value is -3.48. The van der Waals surface area contributed by atoms with E-state index < -0.39 is 12.1 Å². The van der Waals surface area contributed by atoms with Crippen molar-refractivity contribution in [3.63, 3.8) is 0 Å². The SMILES string of the molecule is CC1C(=O)N(Cc2cc(=O)n3ccccc3n2)C(=O)N1c1ccccc1. The molecule has 26 heavy (non-hydrogen) atoms. The van der Waals surface area contributed by atoms with Crippen LogP contribution in [0.25, 0.3) is 5.65 Å². The van der Waals surface area contributed by atoms with Crippen molar-refractivity contribution >= 4 is 23.3 Å². The number of fused-ring (bicyclic) bond motifs is 1. The molecule has 7 nitrogen and oxygen atoms in total. The van der Waals surface area contributed by atoms with Gasteiger partial charge in [-0.1, -0.05) is 24.3 Å². The minimum atomic E-state index is -0.605. The first-order valence-corrected chi connectivity index (χ1v) is 8.23. The lowest BCUT2D eigenvalue weighted by Crippen LogP contribution is -2.34. The Morgan fingerprint density at radius 3 is 2.50 bits per heavy atom. The molecule has 0 bridgehead atoms. The minimum absolute atomic E-state index is 0.0357. The molecule has 3 amide bonds. The molecular formula is C19H16N4O3. The summed E-state index contributed by atoms with van der Waals surface area (Å²) < 4.78 is 1.41. The topological polar surface area (TPSA) is 75.0 Å². The molecule has 2 aromatic heterocycles. The summed E-state index contributed by atoms with van der Waals surface area (Å²) in [6, 6.07) is 14.6. The molecule has 0 radical (unpaired) electrons. The van der Waals surface area contributed by atoms with Crippen molar-refractivity contribution in [3.05, 3.63) is 76.8 Å². The van der Waals surface area contributed by atoms with Gasteiger partial charge in [-0.2, -0.15) is 0 Å². The van der Waals surface area contributed by atoms with Gasteiger partial charge in [0.15, 0.2) is 0 Å². The van der Waals surface area contributed by atoms with Crippen molar-refractivity contribution in [1.82, 2.24) is 14.3 Å². The summed E-state index contributed by atoms with van der Waals surface area (Å²) in [5.41, 5.74) is 1.26. The lowest BCUT2D eigenvalue weighted by atomic mass is 10.2. The van der Waals surface area contributed by atoms with Crippen LogP contribution in [0, 0.1) is 0 Å². The smallest absolute Gasteiger partial charge is 0.282 e. The van der Waals surface area contributed by atoms with Crippen molar-refractivity contribution in [1.29, 1.82) is 0 Å². The summed E-state index contributed by atoms with van der Waals surface area (Å²) >= 11 is 0. The largest absolute Gasteiger partial charge is 0.332 e. The van der Waals surface area contributed by atoms with Crippen LogP contribution in [0.4, 0.5) is 10.5 Å². The zero-order chi connectivity index (χ0) is 18.3. The van der Waals surface area contributed by atoms with Gasteiger partial charge < -0.3 is 0 Å². The fourth-order valence-corrected chi connectivity index (χ4v) is 3.14. The Kier molecular flexibility index (Phi) is 3.76. The Labute approximate surface area is 149 Å². The van der Waals surface area contributed by atoms with E-state index in [0.717, 1.165) is 4.90 Å². The summed E-state index contributed by atoms with van der Waals surface area (Å²) in [6.07, 6.45) is 1.62. The molecule has 7 heteroatoms. The van der Waals surface area contributed by atoms with E-state index in [2.05, 4.69) is 4.98 Å². The van der Waals surface area contributed by atoms with Crippen molar-refractivity contribution in [2.45, 2.75) is 19.5 Å². The number of hydrogen-bond acceptors (Lipinski definition) is 4. The average Bonchev–Trinajstić information content (AvgIpc) is 2.86. The predicted octanol–water partition coefficient (Wildman–Crippen LogP) is 2.05. The Morgan fingerprint density at radius 2 is 1.73 bits per heavy atom. The number of benzene rings is 1. The molecule has 1 aliphatic heterocycles. The van der Waals surface area contributed by atoms with Crippen molar-refractivity contribution in [3.8, 4) is 0 Å². The second-order valence-corrected chi connectivity index (χ2v) is 6.10. The van der Waals surface area contributed by atoms with E-state index in [0.29, 0.717) is 17.0 Å². The van der Waals surface area contributed by atoms with E-state index >= 15 is 0 Å². The maximum absolute atomic E-state index is 12.8. The highest BCUT2D eigenvalue weighted by Crippen LogP contribution is 2.26. The molecule has 1 saturated heterocycles. The molecule has 1 unspecified atom stereocenters. The lowest BCUT2D eigenvalue weighted by Gasteiger charge is -2.19. The Bertz CT molecular complexity index is 1060. The van der Waals surface area contributed by atoms with Crippen molar-refractivity contribution < 1.29 is 9.59 Å². The highest BCUT2D eigenvalue weighted by molar-refractivity contribution is 6.13. The van der Waals surface area contributed by atoms with Crippen LogP contribution in [0.15, 0.2) is 65.6 Å². The molecule has 1 aromatic carbocycles. The number of rotatable bonds is 3. The minimum Gasteiger partial charge on any atom is -0.282 e. The highest BCUT2D eigenvalue weighted by atomic mass is 16.2. The van der Waals surface area contributed by atoms with Crippen LogP contribution in [0.2, 0.25) is 0 Å². The number of imide groups is 1. The van der Waals surface area contributed by atoms with Crippen LogP contribution in [-0.2, 0) is 11.3 Å². The van der Waals surface area contributed by atoms with Gasteiger partial charge in [0, 0.05) is 18.0 Å². The number of amides is 3. The first-order chi connectivity index (χ1) is 12.6. The third-order valence-corrected chi connectivity index (χ3v) is 4.43. The van der Waals surface area contributed by atoms with Crippen LogP contribution in [0.3, 0.4) is 0 Å². The zero-order valence-corrected chi connectivity index (χ0v) is 14.1. The fourth-order valence-electron chi connectivity index (χ4n) is 3.14. The third kappa shape index (κ3) is 2.54. The van der Waals surface area contributed by atoms with Crippen LogP contribution in [0.5, 0.6) is 0 Å². The number of para-hydroxylation sites is 1. The van der Waals surface area contributed by atoms with Gasteiger partial charge in [0.25, 0.3) is 11.5 Å². The molecule has 1 fully saturated rings. The number of aromatic nitrogens is 2. The maximum atomic E-state index is 12.8. The van der Waals surface area contributed by atoms with Crippen LogP contribution in [-0.4, -0.2) is 32.3 Å². The second-order valence-electron chi connectivity index (χ2n) is 6.10. The molecule has 1 atom stereocenters. The number of anilines is 1. The highest BCUT2D eigenvalue weighted by Gasteiger charge is 2.43. The first kappa shape index (κ1) is 16.0. The van der Waals surface area contributed by atoms with Crippen LogP contribution >= 0.6 is 0 Å². The molecule has 4 rings (SSSR count). The van der Waals surface area contributed by atoms with E-state index in [1.54, 1.807) is 43.5 Å². The van der Waals surface area contributed by atoms with E-state index in [1.165, 1.54) is 15.4 Å². The molecular weight excluding hydrogens is 332 g/mol. The van der Waals surface area contributed by atoms with Crippen LogP contribution < -0.4 is 10.5 Å². The molecule has 0 spiro atoms. The Balaban J connectivity index is 1.67. The molecule has 3 heterocycles. The van der Waals surface area contributed by atoms with E-state index in [9.17, 15) is 14.4 Å². The number of urea groups is 1. The summed E-state index contributed by atoms with van der Waals surface area (Å²) in [6.45, 7) is 1.65. The van der Waals surface area contributed by atoms with Gasteiger partial charge in [-0.25, -0.2) is 9.78 Å². The third-order valence-electron chi connectivity index (χ3n) is 4.43. The monoisotopic (exact) mass is 348 g/mol. The van der Waals surface area contributed by atoms with Gasteiger partial charge in [-0.05, 0) is 31.2 Å². The fraction of sp³-hybridized carbons (Fsp3) is 0.158. The van der Waals surface area contributed by atoms with Gasteiger partial charge in [0.2, 0.25) is 0 Å². The normalized spacial score (nSPS) is 17.3. The number of hydrogen-bond donors (Lipinski definition) is 0. The summed E-state index contributed by atoms with van der Waals surface area (Å²) in [4.78, 5) is 44.6. The summed E-state index contributed by atoms with van der Waals surface area (Å²) in [7, 11) is 0. The second kappa shape index (κ2) is 6.11. The molecule has 130 valence electrons. The van der Waals surface area contributed by atoms with Crippen molar-refractivity contribution in [2.75, 3.05) is 4.90 Å². The lowest BCUT2D eigenvalue weighted by molar-refractivity contribution is -0.127. The maximum Gasteiger partial charge on any atom is 0.332 e. The van der Waals surface area contributed by atoms with Gasteiger partial charge in [-0.3, -0.25) is 23.8 Å². The van der Waals surface area contributed by atoms with Crippen LogP contribution in [0.1, 0.15) is 12.6 Å². The van der Waals surface area contributed by atoms with Crippen molar-refractivity contribution in [2.24, 2.45) is 0 Å². The quantitative estimate of drug-likeness (QED) is 0.679. The zero-order valence-electron chi connectivity index (χ0n) is 14.1. The van der Waals surface area contributed by atoms with Gasteiger partial charge in [0.1, 0.15) is 11.7 Å². The molecule has 0 aliphatic carbocycles. The standard InChI is InChI=1S/C19H16N4O3/c1-13-18(25)22(19(26)23(13)15-7-3-2-4-8-15)12-14-11-17(24)21-10-6-5-9-16(21)20-14/h2-11,13H,12H2,1H3. The van der Waals surface area contributed by atoms with E-state index in [-0.39, 0.29) is 18.0 Å². The summed E-state index contributed by atoms with van der Waals surface area (Å²) in [5, 5.41) is 0. The Morgan fingerprint density at radius 1 is 1.00 bits per heavy atom. The molecule has 1 aliphatic rings. The number of carbonyl (C=O) groups excluding carboxylic acids is 2. The number of pyridine rings is 1. The van der Waals surface area contributed by atoms with Gasteiger partial charge >= 0.3 is 6.03 Å². The van der Waals surface area contributed by atoms with Gasteiger partial charge in [0.05, 0.1) is 12.2 Å². The first-order valence-electron chi connectivity index (χ1n) is 8.23. The average molecular weight is 348 g/mol. The van der Waals surface area contributed by atoms with E-state index in [4.69, 9.17) is 0 Å². The number of carbonyl (C=O) groups is 2. The molecule has 0 saturated carbocycles. The van der Waals surface area contributed by atoms with Gasteiger partial charge in [-0.15, -0.1) is 0 Å². The summed E-state index contributed by atoms with van der Waals surface area (Å²) in [5.74, 6) is -0.311. The van der Waals surface area contributed by atoms with E-state index in [1.807, 2.05) is 18.2 Å². The predicted molar refractivity (Wildman–Crippen MR) is 95.8 cm³/mol. The molecule has 0 N–H and O–H groups in total. The number of nitrogens with zero attached hydrogens (tertiary/aromatic N) is 4.